The third-order valence-corrected chi connectivity index (χ3v) is 3.56. The second kappa shape index (κ2) is 7.62. The molecular weight excluding hydrogens is 278 g/mol. The second-order valence-electron chi connectivity index (χ2n) is 5.22. The molecule has 0 aliphatic heterocycles. The van der Waals surface area contributed by atoms with Crippen molar-refractivity contribution in [3.05, 3.63) is 29.5 Å². The Balaban J connectivity index is 1.97. The molecule has 1 heterocycles. The first-order chi connectivity index (χ1) is 10.6. The quantitative estimate of drug-likeness (QED) is 0.600. The number of ether oxygens (including phenoxy) is 1. The molecule has 2 N–H and O–H groups in total. The summed E-state index contributed by atoms with van der Waals surface area (Å²) < 4.78 is 7.19. The Morgan fingerprint density at radius 1 is 1.41 bits per heavy atom. The van der Waals surface area contributed by atoms with E-state index < -0.39 is 5.91 Å². The molecule has 0 bridgehead atoms. The summed E-state index contributed by atoms with van der Waals surface area (Å²) in [6.45, 7) is 3.84. The Morgan fingerprint density at radius 2 is 2.23 bits per heavy atom. The van der Waals surface area contributed by atoms with E-state index in [9.17, 15) is 4.79 Å². The van der Waals surface area contributed by atoms with Gasteiger partial charge in [-0.15, -0.1) is 6.42 Å². The normalized spacial score (nSPS) is 10.7. The van der Waals surface area contributed by atoms with Crippen molar-refractivity contribution >= 4 is 16.8 Å². The van der Waals surface area contributed by atoms with Crippen LogP contribution >= 0.6 is 0 Å². The van der Waals surface area contributed by atoms with E-state index in [0.29, 0.717) is 18.8 Å². The molecule has 0 aliphatic rings. The fraction of sp³-hybridized carbons (Fsp3) is 0.412. The smallest absolute Gasteiger partial charge is 0.248 e. The molecule has 0 saturated carbocycles. The summed E-state index contributed by atoms with van der Waals surface area (Å²) in [6.07, 6.45) is 8.13. The van der Waals surface area contributed by atoms with Crippen LogP contribution in [0.4, 0.5) is 0 Å². The summed E-state index contributed by atoms with van der Waals surface area (Å²) in [5.74, 6) is 2.03. The number of nitrogens with two attached hydrogens (primary N) is 1. The van der Waals surface area contributed by atoms with E-state index in [1.165, 1.54) is 0 Å². The Hall–Kier alpha value is -2.32. The van der Waals surface area contributed by atoms with E-state index in [1.807, 2.05) is 23.7 Å². The van der Waals surface area contributed by atoms with Crippen LogP contribution in [-0.2, 0) is 11.3 Å². The zero-order valence-electron chi connectivity index (χ0n) is 12.8. The van der Waals surface area contributed by atoms with E-state index >= 15 is 0 Å². The third kappa shape index (κ3) is 3.86. The second-order valence-corrected chi connectivity index (χ2v) is 5.22. The van der Waals surface area contributed by atoms with Gasteiger partial charge in [0.1, 0.15) is 6.61 Å². The van der Waals surface area contributed by atoms with Gasteiger partial charge in [0.05, 0.1) is 11.2 Å². The highest BCUT2D eigenvalue weighted by Crippen LogP contribution is 2.20. The number of amides is 1. The van der Waals surface area contributed by atoms with E-state index in [0.717, 1.165) is 42.4 Å². The zero-order chi connectivity index (χ0) is 15.9. The molecule has 0 fully saturated rings. The Morgan fingerprint density at radius 3 is 2.95 bits per heavy atom. The highest BCUT2D eigenvalue weighted by molar-refractivity contribution is 5.97. The van der Waals surface area contributed by atoms with Crippen molar-refractivity contribution in [1.82, 2.24) is 9.78 Å². The monoisotopic (exact) mass is 299 g/mol. The molecule has 0 saturated heterocycles. The SMILES string of the molecule is C#CCOCCCCCn1nc(C)c2ccc(C(N)=O)cc21. The standard InChI is InChI=1S/C17H21N3O2/c1-3-10-22-11-6-4-5-9-20-16-12-14(17(18)21)7-8-15(16)13(2)19-20/h1,7-8,12H,4-6,9-11H2,2H3,(H2,18,21). The number of fused-ring (bicyclic) bond motifs is 1. The van der Waals surface area contributed by atoms with Crippen LogP contribution in [0.5, 0.6) is 0 Å². The molecule has 5 nitrogen and oxygen atoms in total. The number of aryl methyl sites for hydroxylation is 2. The van der Waals surface area contributed by atoms with Crippen LogP contribution in [0.25, 0.3) is 10.9 Å². The molecule has 0 radical (unpaired) electrons. The van der Waals surface area contributed by atoms with Crippen molar-refractivity contribution in [3.63, 3.8) is 0 Å². The lowest BCUT2D eigenvalue weighted by Gasteiger charge is -2.05. The van der Waals surface area contributed by atoms with Gasteiger partial charge >= 0.3 is 0 Å². The fourth-order valence-corrected chi connectivity index (χ4v) is 2.44. The number of benzene rings is 1. The third-order valence-electron chi connectivity index (χ3n) is 3.56. The number of aromatic nitrogens is 2. The van der Waals surface area contributed by atoms with Gasteiger partial charge in [-0.05, 0) is 38.3 Å². The Bertz CT molecular complexity index is 698. The van der Waals surface area contributed by atoms with Crippen molar-refractivity contribution in [3.8, 4) is 12.3 Å². The molecule has 1 amide bonds. The lowest BCUT2D eigenvalue weighted by atomic mass is 10.1. The van der Waals surface area contributed by atoms with Crippen molar-refractivity contribution < 1.29 is 9.53 Å². The maximum atomic E-state index is 11.3. The van der Waals surface area contributed by atoms with Crippen molar-refractivity contribution in [2.75, 3.05) is 13.2 Å². The summed E-state index contributed by atoms with van der Waals surface area (Å²) in [7, 11) is 0. The predicted octanol–water partition coefficient (Wildman–Crippen LogP) is 2.26. The minimum absolute atomic E-state index is 0.374. The first-order valence-electron chi connectivity index (χ1n) is 7.41. The van der Waals surface area contributed by atoms with Crippen molar-refractivity contribution in [1.29, 1.82) is 0 Å². The average Bonchev–Trinajstić information content (AvgIpc) is 2.82. The molecule has 0 unspecified atom stereocenters. The molecule has 1 aromatic carbocycles. The largest absolute Gasteiger partial charge is 0.369 e. The van der Waals surface area contributed by atoms with Gasteiger partial charge < -0.3 is 10.5 Å². The number of unbranched alkanes of at least 4 members (excludes halogenated alkanes) is 2. The molecule has 0 atom stereocenters. The maximum absolute atomic E-state index is 11.3. The Labute approximate surface area is 130 Å². The summed E-state index contributed by atoms with van der Waals surface area (Å²) in [6, 6.07) is 5.46. The van der Waals surface area contributed by atoms with Crippen LogP contribution in [0.1, 0.15) is 35.3 Å². The first kappa shape index (κ1) is 16.1. The molecular formula is C17H21N3O2. The number of carbonyl (C=O) groups excluding carboxylic acids is 1. The number of carbonyl (C=O) groups is 1. The van der Waals surface area contributed by atoms with Gasteiger partial charge in [0.25, 0.3) is 0 Å². The van der Waals surface area contributed by atoms with Crippen molar-refractivity contribution in [2.24, 2.45) is 5.73 Å². The van der Waals surface area contributed by atoms with Crippen LogP contribution in [-0.4, -0.2) is 28.9 Å². The molecule has 0 aliphatic carbocycles. The van der Waals surface area contributed by atoms with Crippen molar-refractivity contribution in [2.45, 2.75) is 32.7 Å². The minimum atomic E-state index is -0.419. The zero-order valence-corrected chi connectivity index (χ0v) is 12.8. The number of hydrogen-bond acceptors (Lipinski definition) is 3. The van der Waals surface area contributed by atoms with Gasteiger partial charge in [0.2, 0.25) is 5.91 Å². The number of hydrogen-bond donors (Lipinski definition) is 1. The predicted molar refractivity (Wildman–Crippen MR) is 86.5 cm³/mol. The van der Waals surface area contributed by atoms with E-state index in [-0.39, 0.29) is 0 Å². The highest BCUT2D eigenvalue weighted by atomic mass is 16.5. The van der Waals surface area contributed by atoms with Crippen LogP contribution in [0.3, 0.4) is 0 Å². The maximum Gasteiger partial charge on any atom is 0.248 e. The average molecular weight is 299 g/mol. The lowest BCUT2D eigenvalue weighted by Crippen LogP contribution is -2.11. The van der Waals surface area contributed by atoms with Crippen LogP contribution in [0, 0.1) is 19.3 Å². The molecule has 2 rings (SSSR count). The fourth-order valence-electron chi connectivity index (χ4n) is 2.44. The Kier molecular flexibility index (Phi) is 5.56. The van der Waals surface area contributed by atoms with Crippen LogP contribution in [0.2, 0.25) is 0 Å². The molecule has 2 aromatic rings. The summed E-state index contributed by atoms with van der Waals surface area (Å²) in [4.78, 5) is 11.3. The number of primary amides is 1. The van der Waals surface area contributed by atoms with Gasteiger partial charge in [-0.2, -0.15) is 5.10 Å². The lowest BCUT2D eigenvalue weighted by molar-refractivity contribution is 0.100. The molecule has 116 valence electrons. The number of terminal acetylenes is 1. The van der Waals surface area contributed by atoms with Crippen LogP contribution in [0.15, 0.2) is 18.2 Å². The van der Waals surface area contributed by atoms with Crippen LogP contribution < -0.4 is 5.73 Å². The van der Waals surface area contributed by atoms with Gasteiger partial charge in [0, 0.05) is 24.1 Å². The van der Waals surface area contributed by atoms with E-state index in [1.54, 1.807) is 6.07 Å². The molecule has 5 heteroatoms. The van der Waals surface area contributed by atoms with E-state index in [4.69, 9.17) is 16.9 Å². The van der Waals surface area contributed by atoms with Gasteiger partial charge in [-0.1, -0.05) is 12.0 Å². The molecule has 0 spiro atoms. The molecule has 1 aromatic heterocycles. The van der Waals surface area contributed by atoms with Gasteiger partial charge in [-0.25, -0.2) is 0 Å². The summed E-state index contributed by atoms with van der Waals surface area (Å²) >= 11 is 0. The van der Waals surface area contributed by atoms with Gasteiger partial charge in [-0.3, -0.25) is 9.48 Å². The number of nitrogens with zero attached hydrogens (tertiary/aromatic N) is 2. The number of rotatable bonds is 8. The molecule has 22 heavy (non-hydrogen) atoms. The van der Waals surface area contributed by atoms with E-state index in [2.05, 4.69) is 11.0 Å². The van der Waals surface area contributed by atoms with Gasteiger partial charge in [0.15, 0.2) is 0 Å². The topological polar surface area (TPSA) is 70.1 Å². The minimum Gasteiger partial charge on any atom is -0.369 e. The summed E-state index contributed by atoms with van der Waals surface area (Å²) in [5, 5.41) is 5.60. The highest BCUT2D eigenvalue weighted by Gasteiger charge is 2.09. The summed E-state index contributed by atoms with van der Waals surface area (Å²) in [5.41, 5.74) is 7.77. The first-order valence-corrected chi connectivity index (χ1v) is 7.41.